The van der Waals surface area contributed by atoms with Crippen LogP contribution < -0.4 is 0 Å². The number of benzene rings is 5. The van der Waals surface area contributed by atoms with Crippen molar-refractivity contribution in [2.75, 3.05) is 0 Å². The van der Waals surface area contributed by atoms with E-state index in [4.69, 9.17) is 0 Å². The van der Waals surface area contributed by atoms with Crippen LogP contribution in [0.4, 0.5) is 61.5 Å². The molecule has 0 saturated heterocycles. The molecule has 0 spiro atoms. The van der Waals surface area contributed by atoms with Crippen LogP contribution in [0.5, 0.6) is 0 Å². The number of halogens is 14. The van der Waals surface area contributed by atoms with Crippen LogP contribution in [-0.4, -0.2) is 0 Å². The molecular formula is C35H12F14. The Balaban J connectivity index is 1.51. The van der Waals surface area contributed by atoms with Gasteiger partial charge in [0.15, 0.2) is 46.5 Å². The Bertz CT molecular complexity index is 2300. The summed E-state index contributed by atoms with van der Waals surface area (Å²) in [5.74, 6) is -19.8. The number of rotatable bonds is 2. The molecule has 5 aromatic carbocycles. The molecule has 0 N–H and O–H groups in total. The summed E-state index contributed by atoms with van der Waals surface area (Å²) in [5, 5.41) is 0.131. The van der Waals surface area contributed by atoms with Gasteiger partial charge in [0.2, 0.25) is 0 Å². The van der Waals surface area contributed by atoms with Gasteiger partial charge in [-0.15, -0.1) is 0 Å². The molecular weight excluding hydrogens is 686 g/mol. The largest absolute Gasteiger partial charge is 0.422 e. The van der Waals surface area contributed by atoms with Gasteiger partial charge in [-0.05, 0) is 61.7 Å². The van der Waals surface area contributed by atoms with Crippen molar-refractivity contribution >= 4 is 22.4 Å². The van der Waals surface area contributed by atoms with Gasteiger partial charge in [0, 0.05) is 0 Å². The summed E-state index contributed by atoms with van der Waals surface area (Å²) < 4.78 is 199. The molecule has 0 amide bonds. The monoisotopic (exact) mass is 698 g/mol. The Kier molecular flexibility index (Phi) is 7.06. The highest BCUT2D eigenvalue weighted by Crippen LogP contribution is 2.50. The summed E-state index contributed by atoms with van der Waals surface area (Å²) in [6, 6.07) is 8.73. The molecule has 0 aliphatic heterocycles. The maximum atomic E-state index is 15.2. The van der Waals surface area contributed by atoms with Crippen molar-refractivity contribution in [2.45, 2.75) is 18.8 Å². The smallest absolute Gasteiger partial charge is 0.203 e. The molecule has 2 aliphatic rings. The average molecular weight is 698 g/mol. The summed E-state index contributed by atoms with van der Waals surface area (Å²) >= 11 is 0. The van der Waals surface area contributed by atoms with Gasteiger partial charge in [-0.25, -0.2) is 35.1 Å². The SMILES string of the molecule is Fc1c(F)c(C(F)(F)F)c(F)c(F)c1-c1ccc2c3c1C=CC=C(C3)c1cccc3c(-c4c(F)c(F)c(C(F)(F)F)c(F)c4F)ccc-2c13. The third-order valence-corrected chi connectivity index (χ3v) is 8.59. The van der Waals surface area contributed by atoms with E-state index in [0.29, 0.717) is 11.1 Å². The van der Waals surface area contributed by atoms with Crippen molar-refractivity contribution in [3.8, 4) is 33.4 Å². The Morgan fingerprint density at radius 2 is 0.939 bits per heavy atom. The van der Waals surface area contributed by atoms with Crippen LogP contribution >= 0.6 is 0 Å². The van der Waals surface area contributed by atoms with E-state index in [1.807, 2.05) is 0 Å². The van der Waals surface area contributed by atoms with Crippen molar-refractivity contribution in [1.82, 2.24) is 0 Å². The third kappa shape index (κ3) is 4.59. The second-order valence-corrected chi connectivity index (χ2v) is 11.2. The van der Waals surface area contributed by atoms with Crippen LogP contribution in [0.3, 0.4) is 0 Å². The highest BCUT2D eigenvalue weighted by atomic mass is 19.4. The standard InChI is InChI=1S/C35H12F14/c36-26-22(27(37)31(41)24(30(26)40)34(44,45)46)18-8-7-15-17-9-10-19(23-28(38)32(42)25(35(47,48)49)33(43)29(23)39)16-6-2-4-13(21(16)17)12-3-1-5-14(18)20(15)11-12/h1-10H,11H2. The summed E-state index contributed by atoms with van der Waals surface area (Å²) in [4.78, 5) is 0. The highest BCUT2D eigenvalue weighted by molar-refractivity contribution is 6.12. The van der Waals surface area contributed by atoms with Crippen molar-refractivity contribution in [2.24, 2.45) is 0 Å². The maximum absolute atomic E-state index is 15.2. The molecule has 0 atom stereocenters. The van der Waals surface area contributed by atoms with Gasteiger partial charge in [0.05, 0.1) is 11.1 Å². The zero-order valence-electron chi connectivity index (χ0n) is 23.8. The molecule has 0 unspecified atom stereocenters. The van der Waals surface area contributed by atoms with E-state index >= 15 is 17.6 Å². The number of fused-ring (bicyclic) bond motifs is 3. The van der Waals surface area contributed by atoms with E-state index in [-0.39, 0.29) is 39.4 Å². The fraction of sp³-hybridized carbons (Fsp3) is 0.0857. The van der Waals surface area contributed by atoms with Gasteiger partial charge in [0.1, 0.15) is 11.1 Å². The van der Waals surface area contributed by atoms with Crippen LogP contribution in [-0.2, 0) is 18.8 Å². The first-order chi connectivity index (χ1) is 22.9. The van der Waals surface area contributed by atoms with E-state index in [2.05, 4.69) is 0 Å². The minimum absolute atomic E-state index is 0.0471. The van der Waals surface area contributed by atoms with Crippen molar-refractivity contribution in [3.05, 3.63) is 129 Å². The van der Waals surface area contributed by atoms with Crippen molar-refractivity contribution in [1.29, 1.82) is 0 Å². The van der Waals surface area contributed by atoms with E-state index < -0.39 is 92.3 Å². The average Bonchev–Trinajstić information content (AvgIpc) is 3.32. The quantitative estimate of drug-likeness (QED) is 0.127. The van der Waals surface area contributed by atoms with Crippen molar-refractivity contribution in [3.63, 3.8) is 0 Å². The predicted octanol–water partition coefficient (Wildman–Crippen LogP) is 12.0. The van der Waals surface area contributed by atoms with E-state index in [9.17, 15) is 43.9 Å². The predicted molar refractivity (Wildman–Crippen MR) is 151 cm³/mol. The molecule has 0 nitrogen and oxygen atoms in total. The molecule has 7 rings (SSSR count). The Morgan fingerprint density at radius 1 is 0.469 bits per heavy atom. The summed E-state index contributed by atoms with van der Waals surface area (Å²) in [5.41, 5.74) is -7.80. The van der Waals surface area contributed by atoms with Gasteiger partial charge >= 0.3 is 12.4 Å². The molecule has 2 aliphatic carbocycles. The van der Waals surface area contributed by atoms with Gasteiger partial charge in [-0.3, -0.25) is 0 Å². The zero-order valence-corrected chi connectivity index (χ0v) is 23.8. The normalized spacial score (nSPS) is 13.9. The molecule has 0 aromatic heterocycles. The second kappa shape index (κ2) is 10.7. The molecule has 49 heavy (non-hydrogen) atoms. The van der Waals surface area contributed by atoms with E-state index in [1.54, 1.807) is 6.07 Å². The summed E-state index contributed by atoms with van der Waals surface area (Å²) in [7, 11) is 0. The number of hydrogen-bond acceptors (Lipinski definition) is 0. The molecule has 0 radical (unpaired) electrons. The Morgan fingerprint density at radius 3 is 1.47 bits per heavy atom. The van der Waals surface area contributed by atoms with Gasteiger partial charge in [-0.2, -0.15) is 26.3 Å². The minimum Gasteiger partial charge on any atom is -0.203 e. The van der Waals surface area contributed by atoms with E-state index in [1.165, 1.54) is 42.5 Å². The topological polar surface area (TPSA) is 0 Å². The summed E-state index contributed by atoms with van der Waals surface area (Å²) in [6.07, 6.45) is -7.42. The first kappa shape index (κ1) is 32.4. The zero-order chi connectivity index (χ0) is 35.5. The summed E-state index contributed by atoms with van der Waals surface area (Å²) in [6.45, 7) is 0. The molecule has 0 saturated carbocycles. The molecule has 250 valence electrons. The molecule has 2 bridgehead atoms. The van der Waals surface area contributed by atoms with Gasteiger partial charge in [-0.1, -0.05) is 60.7 Å². The van der Waals surface area contributed by atoms with E-state index in [0.717, 1.165) is 12.1 Å². The van der Waals surface area contributed by atoms with Crippen LogP contribution in [0.1, 0.15) is 27.8 Å². The third-order valence-electron chi connectivity index (χ3n) is 8.59. The minimum atomic E-state index is -5.77. The lowest BCUT2D eigenvalue weighted by Crippen LogP contribution is -2.16. The molecule has 14 heteroatoms. The first-order valence-corrected chi connectivity index (χ1v) is 13.9. The first-order valence-electron chi connectivity index (χ1n) is 13.9. The maximum Gasteiger partial charge on any atom is 0.422 e. The van der Waals surface area contributed by atoms with Crippen LogP contribution in [0.15, 0.2) is 54.6 Å². The highest BCUT2D eigenvalue weighted by Gasteiger charge is 2.44. The van der Waals surface area contributed by atoms with Crippen LogP contribution in [0.25, 0.3) is 55.8 Å². The fourth-order valence-corrected chi connectivity index (χ4v) is 6.56. The van der Waals surface area contributed by atoms with Crippen molar-refractivity contribution < 1.29 is 61.5 Å². The lowest BCUT2D eigenvalue weighted by atomic mass is 9.85. The number of hydrogen-bond donors (Lipinski definition) is 0. The van der Waals surface area contributed by atoms with Gasteiger partial charge in [0.25, 0.3) is 0 Å². The lowest BCUT2D eigenvalue weighted by molar-refractivity contribution is -0.144. The Hall–Kier alpha value is -5.14. The molecule has 0 fully saturated rings. The molecule has 0 heterocycles. The van der Waals surface area contributed by atoms with Crippen LogP contribution in [0.2, 0.25) is 0 Å². The fourth-order valence-electron chi connectivity index (χ4n) is 6.56. The molecule has 5 aromatic rings. The van der Waals surface area contributed by atoms with Crippen LogP contribution in [0, 0.1) is 46.5 Å². The lowest BCUT2D eigenvalue weighted by Gasteiger charge is -2.20. The van der Waals surface area contributed by atoms with Gasteiger partial charge < -0.3 is 0 Å². The number of alkyl halides is 6. The second-order valence-electron chi connectivity index (χ2n) is 11.2. The Labute approximate surface area is 265 Å². The number of allylic oxidation sites excluding steroid dienone is 3.